The molecule has 0 radical (unpaired) electrons. The molecular weight excluding hydrogens is 332 g/mol. The summed E-state index contributed by atoms with van der Waals surface area (Å²) in [4.78, 5) is 14.3. The van der Waals surface area contributed by atoms with Gasteiger partial charge in [-0.2, -0.15) is 4.31 Å². The van der Waals surface area contributed by atoms with Gasteiger partial charge in [-0.1, -0.05) is 39.0 Å². The molecule has 1 heterocycles. The number of carbonyl (C=O) groups is 1. The maximum atomic E-state index is 12.5. The third-order valence-electron chi connectivity index (χ3n) is 3.60. The van der Waals surface area contributed by atoms with Gasteiger partial charge in [-0.3, -0.25) is 4.79 Å². The lowest BCUT2D eigenvalue weighted by Crippen LogP contribution is -2.51. The van der Waals surface area contributed by atoms with Crippen molar-refractivity contribution in [3.63, 3.8) is 0 Å². The summed E-state index contributed by atoms with van der Waals surface area (Å²) in [7, 11) is -3.46. The van der Waals surface area contributed by atoms with Crippen LogP contribution in [0.3, 0.4) is 0 Å². The van der Waals surface area contributed by atoms with Gasteiger partial charge in [0.1, 0.15) is 0 Å². The van der Waals surface area contributed by atoms with Gasteiger partial charge in [0, 0.05) is 30.9 Å². The molecule has 1 aromatic carbocycles. The number of piperazine rings is 1. The van der Waals surface area contributed by atoms with E-state index in [0.29, 0.717) is 36.8 Å². The summed E-state index contributed by atoms with van der Waals surface area (Å²) in [6.07, 6.45) is 0. The van der Waals surface area contributed by atoms with Gasteiger partial charge in [-0.15, -0.1) is 11.8 Å². The zero-order chi connectivity index (χ0) is 17.1. The van der Waals surface area contributed by atoms with Crippen LogP contribution in [0.4, 0.5) is 0 Å². The van der Waals surface area contributed by atoms with Crippen molar-refractivity contribution >= 4 is 27.7 Å². The average Bonchev–Trinajstić information content (AvgIpc) is 2.53. The van der Waals surface area contributed by atoms with Crippen molar-refractivity contribution in [1.29, 1.82) is 0 Å². The highest BCUT2D eigenvalue weighted by atomic mass is 32.2. The number of rotatable bonds is 4. The summed E-state index contributed by atoms with van der Waals surface area (Å²) < 4.78 is 26.6. The molecule has 1 aromatic rings. The van der Waals surface area contributed by atoms with Crippen LogP contribution >= 0.6 is 11.8 Å². The van der Waals surface area contributed by atoms with Gasteiger partial charge in [-0.25, -0.2) is 8.42 Å². The van der Waals surface area contributed by atoms with Crippen LogP contribution in [0.25, 0.3) is 0 Å². The van der Waals surface area contributed by atoms with Crippen LogP contribution in [0.5, 0.6) is 0 Å². The Bertz CT molecular complexity index is 631. The van der Waals surface area contributed by atoms with Crippen LogP contribution in [0.1, 0.15) is 20.8 Å². The largest absolute Gasteiger partial charge is 0.339 e. The first-order valence-electron chi connectivity index (χ1n) is 7.67. The maximum Gasteiger partial charge on any atom is 0.243 e. The van der Waals surface area contributed by atoms with E-state index in [1.165, 1.54) is 4.31 Å². The molecule has 0 atom stereocenters. The molecule has 1 amide bonds. The molecule has 0 aromatic heterocycles. The number of hydrogen-bond acceptors (Lipinski definition) is 4. The third kappa shape index (κ3) is 4.96. The fraction of sp³-hybridized carbons (Fsp3) is 0.562. The number of benzene rings is 1. The van der Waals surface area contributed by atoms with Crippen LogP contribution < -0.4 is 0 Å². The highest BCUT2D eigenvalue weighted by Crippen LogP contribution is 2.24. The van der Waals surface area contributed by atoms with Crippen LogP contribution in [0, 0.1) is 0 Å². The number of sulfonamides is 1. The summed E-state index contributed by atoms with van der Waals surface area (Å²) in [6.45, 7) is 7.84. The Morgan fingerprint density at radius 3 is 2.17 bits per heavy atom. The number of thioether (sulfide) groups is 1. The standard InChI is InChI=1S/C16H24N2O3S2/c1-16(2,3)22-13-15(19)17-9-11-18(12-10-17)23(20,21)14-7-5-4-6-8-14/h4-8H,9-13H2,1-3H3. The molecular formula is C16H24N2O3S2. The summed E-state index contributed by atoms with van der Waals surface area (Å²) in [5.74, 6) is 0.524. The third-order valence-corrected chi connectivity index (χ3v) is 6.77. The molecule has 0 aliphatic carbocycles. The van der Waals surface area contributed by atoms with E-state index in [0.717, 1.165) is 0 Å². The van der Waals surface area contributed by atoms with Gasteiger partial charge in [0.2, 0.25) is 15.9 Å². The number of nitrogens with zero attached hydrogens (tertiary/aromatic N) is 2. The normalized spacial score (nSPS) is 17.3. The summed E-state index contributed by atoms with van der Waals surface area (Å²) >= 11 is 1.62. The van der Waals surface area contributed by atoms with Gasteiger partial charge in [-0.05, 0) is 12.1 Å². The van der Waals surface area contributed by atoms with E-state index in [-0.39, 0.29) is 10.7 Å². The second kappa shape index (κ2) is 7.23. The second-order valence-corrected chi connectivity index (χ2v) is 10.2. The van der Waals surface area contributed by atoms with Crippen molar-refractivity contribution in [3.8, 4) is 0 Å². The molecule has 0 saturated carbocycles. The fourth-order valence-corrected chi connectivity index (χ4v) is 4.47. The van der Waals surface area contributed by atoms with Crippen molar-refractivity contribution in [2.45, 2.75) is 30.4 Å². The molecule has 7 heteroatoms. The molecule has 1 saturated heterocycles. The predicted molar refractivity (Wildman–Crippen MR) is 94.0 cm³/mol. The number of carbonyl (C=O) groups excluding carboxylic acids is 1. The maximum absolute atomic E-state index is 12.5. The SMILES string of the molecule is CC(C)(C)SCC(=O)N1CCN(S(=O)(=O)c2ccccc2)CC1. The van der Waals surface area contributed by atoms with Crippen molar-refractivity contribution in [2.75, 3.05) is 31.9 Å². The minimum atomic E-state index is -3.46. The molecule has 128 valence electrons. The van der Waals surface area contributed by atoms with Crippen molar-refractivity contribution in [1.82, 2.24) is 9.21 Å². The highest BCUT2D eigenvalue weighted by molar-refractivity contribution is 8.01. The lowest BCUT2D eigenvalue weighted by molar-refractivity contribution is -0.129. The topological polar surface area (TPSA) is 57.7 Å². The first-order valence-corrected chi connectivity index (χ1v) is 10.1. The van der Waals surface area contributed by atoms with Crippen LogP contribution in [0.2, 0.25) is 0 Å². The lowest BCUT2D eigenvalue weighted by Gasteiger charge is -2.34. The molecule has 0 unspecified atom stereocenters. The van der Waals surface area contributed by atoms with E-state index in [4.69, 9.17) is 0 Å². The van der Waals surface area contributed by atoms with Crippen molar-refractivity contribution < 1.29 is 13.2 Å². The first-order chi connectivity index (χ1) is 10.7. The molecule has 1 aliphatic rings. The van der Waals surface area contributed by atoms with E-state index in [2.05, 4.69) is 20.8 Å². The summed E-state index contributed by atoms with van der Waals surface area (Å²) in [5.41, 5.74) is 0. The Kier molecular flexibility index (Phi) is 5.75. The number of amides is 1. The van der Waals surface area contributed by atoms with Gasteiger partial charge in [0.25, 0.3) is 0 Å². The zero-order valence-corrected chi connectivity index (χ0v) is 15.5. The van der Waals surface area contributed by atoms with Gasteiger partial charge in [0.05, 0.1) is 10.6 Å². The smallest absolute Gasteiger partial charge is 0.243 e. The van der Waals surface area contributed by atoms with Gasteiger partial charge < -0.3 is 4.90 Å². The Balaban J connectivity index is 1.92. The van der Waals surface area contributed by atoms with E-state index >= 15 is 0 Å². The van der Waals surface area contributed by atoms with Crippen molar-refractivity contribution in [2.24, 2.45) is 0 Å². The van der Waals surface area contributed by atoms with Crippen LogP contribution in [0.15, 0.2) is 35.2 Å². The first kappa shape index (κ1) is 18.3. The number of hydrogen-bond donors (Lipinski definition) is 0. The second-order valence-electron chi connectivity index (χ2n) is 6.50. The summed E-state index contributed by atoms with van der Waals surface area (Å²) in [6, 6.07) is 8.44. The van der Waals surface area contributed by atoms with E-state index in [9.17, 15) is 13.2 Å². The molecule has 1 fully saturated rings. The average molecular weight is 357 g/mol. The van der Waals surface area contributed by atoms with Gasteiger partial charge >= 0.3 is 0 Å². The minimum absolute atomic E-state index is 0.0497. The minimum Gasteiger partial charge on any atom is -0.339 e. The van der Waals surface area contributed by atoms with Gasteiger partial charge in [0.15, 0.2) is 0 Å². The Hall–Kier alpha value is -1.05. The van der Waals surface area contributed by atoms with Crippen LogP contribution in [-0.4, -0.2) is 60.2 Å². The van der Waals surface area contributed by atoms with E-state index in [1.54, 1.807) is 47.0 Å². The molecule has 0 N–H and O–H groups in total. The van der Waals surface area contributed by atoms with Crippen LogP contribution in [-0.2, 0) is 14.8 Å². The Morgan fingerprint density at radius 1 is 1.09 bits per heavy atom. The fourth-order valence-electron chi connectivity index (χ4n) is 2.29. The molecule has 1 aliphatic heterocycles. The predicted octanol–water partition coefficient (Wildman–Crippen LogP) is 2.05. The lowest BCUT2D eigenvalue weighted by atomic mass is 10.3. The zero-order valence-electron chi connectivity index (χ0n) is 13.9. The Labute approximate surface area is 143 Å². The molecule has 5 nitrogen and oxygen atoms in total. The monoisotopic (exact) mass is 356 g/mol. The molecule has 0 spiro atoms. The van der Waals surface area contributed by atoms with E-state index < -0.39 is 10.0 Å². The Morgan fingerprint density at radius 2 is 1.65 bits per heavy atom. The molecule has 23 heavy (non-hydrogen) atoms. The van der Waals surface area contributed by atoms with Crippen molar-refractivity contribution in [3.05, 3.63) is 30.3 Å². The summed E-state index contributed by atoms with van der Waals surface area (Å²) in [5, 5.41) is 0. The highest BCUT2D eigenvalue weighted by Gasteiger charge is 2.30. The molecule has 0 bridgehead atoms. The quantitative estimate of drug-likeness (QED) is 0.828. The van der Waals surface area contributed by atoms with E-state index in [1.807, 2.05) is 0 Å². The molecule has 2 rings (SSSR count).